The van der Waals surface area contributed by atoms with E-state index in [9.17, 15) is 0 Å². The van der Waals surface area contributed by atoms with Gasteiger partial charge in [0, 0.05) is 22.3 Å². The Morgan fingerprint density at radius 1 is 1.19 bits per heavy atom. The molecule has 2 aromatic carbocycles. The molecule has 1 N–H and O–H groups in total. The summed E-state index contributed by atoms with van der Waals surface area (Å²) in [5.74, 6) is 0.710. The number of fused-ring (bicyclic) bond motifs is 1. The Labute approximate surface area is 138 Å². The van der Waals surface area contributed by atoms with Crippen molar-refractivity contribution in [2.24, 2.45) is 0 Å². The first kappa shape index (κ1) is 14.7. The summed E-state index contributed by atoms with van der Waals surface area (Å²) in [5, 5.41) is 4.23. The maximum atomic E-state index is 6.06. The summed E-state index contributed by atoms with van der Waals surface area (Å²) in [6.07, 6.45) is 3.29. The van der Waals surface area contributed by atoms with E-state index in [1.165, 1.54) is 11.1 Å². The van der Waals surface area contributed by atoms with Gasteiger partial charge >= 0.3 is 0 Å². The molecule has 0 radical (unpaired) electrons. The van der Waals surface area contributed by atoms with Gasteiger partial charge in [0.05, 0.1) is 12.1 Å². The van der Waals surface area contributed by atoms with Gasteiger partial charge in [-0.15, -0.1) is 0 Å². The fourth-order valence-corrected chi connectivity index (χ4v) is 3.44. The second-order valence-corrected chi connectivity index (χ2v) is 6.67. The molecule has 2 aromatic rings. The largest absolute Gasteiger partial charge is 0.495 e. The molecule has 1 unspecified atom stereocenters. The van der Waals surface area contributed by atoms with Gasteiger partial charge in [0.1, 0.15) is 5.75 Å². The molecule has 0 fully saturated rings. The van der Waals surface area contributed by atoms with Crippen LogP contribution in [-0.2, 0) is 12.8 Å². The van der Waals surface area contributed by atoms with Crippen molar-refractivity contribution in [3.8, 4) is 5.75 Å². The molecule has 3 rings (SSSR count). The van der Waals surface area contributed by atoms with Crippen LogP contribution in [0.2, 0.25) is 5.02 Å². The van der Waals surface area contributed by atoms with Crippen LogP contribution in [0.15, 0.2) is 40.9 Å². The van der Waals surface area contributed by atoms with Crippen LogP contribution < -0.4 is 10.1 Å². The summed E-state index contributed by atoms with van der Waals surface area (Å²) in [6.45, 7) is 0. The van der Waals surface area contributed by atoms with E-state index in [1.807, 2.05) is 18.2 Å². The van der Waals surface area contributed by atoms with Gasteiger partial charge in [0.2, 0.25) is 0 Å². The van der Waals surface area contributed by atoms with Gasteiger partial charge in [-0.05, 0) is 54.7 Å². The molecule has 2 nitrogen and oxygen atoms in total. The van der Waals surface area contributed by atoms with E-state index in [-0.39, 0.29) is 0 Å². The number of anilines is 1. The smallest absolute Gasteiger partial charge is 0.139 e. The Kier molecular flexibility index (Phi) is 4.41. The second-order valence-electron chi connectivity index (χ2n) is 5.35. The third kappa shape index (κ3) is 3.35. The maximum Gasteiger partial charge on any atom is 0.139 e. The van der Waals surface area contributed by atoms with E-state index >= 15 is 0 Å². The van der Waals surface area contributed by atoms with Gasteiger partial charge in [-0.25, -0.2) is 0 Å². The molecule has 0 saturated heterocycles. The standard InChI is InChI=1S/C17H17BrClNO/c1-21-17-10-15(6-7-16(17)19)20-14-5-3-11-8-13(18)4-2-12(11)9-14/h2,4,6-8,10,14,20H,3,5,9H2,1H3. The third-order valence-corrected chi connectivity index (χ3v) is 4.72. The first-order chi connectivity index (χ1) is 10.2. The fourth-order valence-electron chi connectivity index (χ4n) is 2.83. The molecule has 1 aliphatic carbocycles. The number of methoxy groups -OCH3 is 1. The lowest BCUT2D eigenvalue weighted by molar-refractivity contribution is 0.415. The van der Waals surface area contributed by atoms with Gasteiger partial charge in [-0.1, -0.05) is 33.6 Å². The molecule has 110 valence electrons. The quantitative estimate of drug-likeness (QED) is 0.818. The molecular formula is C17H17BrClNO. The first-order valence-corrected chi connectivity index (χ1v) is 8.20. The summed E-state index contributed by atoms with van der Waals surface area (Å²) >= 11 is 9.60. The Balaban J connectivity index is 1.74. The Morgan fingerprint density at radius 2 is 2.05 bits per heavy atom. The predicted octanol–water partition coefficient (Wildman–Crippen LogP) is 5.08. The number of benzene rings is 2. The molecule has 21 heavy (non-hydrogen) atoms. The molecular weight excluding hydrogens is 350 g/mol. The van der Waals surface area contributed by atoms with Crippen molar-refractivity contribution in [2.75, 3.05) is 12.4 Å². The monoisotopic (exact) mass is 365 g/mol. The van der Waals surface area contributed by atoms with Gasteiger partial charge in [0.25, 0.3) is 0 Å². The number of aryl methyl sites for hydroxylation is 1. The minimum absolute atomic E-state index is 0.449. The van der Waals surface area contributed by atoms with Crippen LogP contribution in [0.25, 0.3) is 0 Å². The molecule has 0 saturated carbocycles. The highest BCUT2D eigenvalue weighted by Gasteiger charge is 2.18. The molecule has 1 atom stereocenters. The highest BCUT2D eigenvalue weighted by atomic mass is 79.9. The summed E-state index contributed by atoms with van der Waals surface area (Å²) in [5.41, 5.74) is 3.95. The number of halogens is 2. The van der Waals surface area contributed by atoms with E-state index in [4.69, 9.17) is 16.3 Å². The molecule has 0 aliphatic heterocycles. The second kappa shape index (κ2) is 6.29. The zero-order chi connectivity index (χ0) is 14.8. The van der Waals surface area contributed by atoms with Gasteiger partial charge in [-0.2, -0.15) is 0 Å². The summed E-state index contributed by atoms with van der Waals surface area (Å²) < 4.78 is 6.43. The third-order valence-electron chi connectivity index (χ3n) is 3.92. The Hall–Kier alpha value is -1.19. The summed E-state index contributed by atoms with van der Waals surface area (Å²) in [4.78, 5) is 0. The molecule has 4 heteroatoms. The number of hydrogen-bond acceptors (Lipinski definition) is 2. The van der Waals surface area contributed by atoms with E-state index in [0.29, 0.717) is 16.8 Å². The summed E-state index contributed by atoms with van der Waals surface area (Å²) in [6, 6.07) is 12.8. The molecule has 1 aliphatic rings. The molecule has 0 heterocycles. The van der Waals surface area contributed by atoms with Crippen molar-refractivity contribution in [1.29, 1.82) is 0 Å². The van der Waals surface area contributed by atoms with Crippen LogP contribution in [0.4, 0.5) is 5.69 Å². The van der Waals surface area contributed by atoms with Gasteiger partial charge < -0.3 is 10.1 Å². The first-order valence-electron chi connectivity index (χ1n) is 7.03. The van der Waals surface area contributed by atoms with Crippen LogP contribution in [0.1, 0.15) is 17.5 Å². The van der Waals surface area contributed by atoms with Crippen molar-refractivity contribution in [3.05, 3.63) is 57.0 Å². The Morgan fingerprint density at radius 3 is 2.86 bits per heavy atom. The van der Waals surface area contributed by atoms with E-state index in [2.05, 4.69) is 39.4 Å². The van der Waals surface area contributed by atoms with Crippen molar-refractivity contribution < 1.29 is 4.74 Å². The van der Waals surface area contributed by atoms with Crippen LogP contribution in [0.5, 0.6) is 5.75 Å². The highest BCUT2D eigenvalue weighted by molar-refractivity contribution is 9.10. The van der Waals surface area contributed by atoms with Gasteiger partial charge in [-0.3, -0.25) is 0 Å². The SMILES string of the molecule is COc1cc(NC2CCc3cc(Br)ccc3C2)ccc1Cl. The van der Waals surface area contributed by atoms with Crippen molar-refractivity contribution in [1.82, 2.24) is 0 Å². The van der Waals surface area contributed by atoms with Crippen molar-refractivity contribution in [2.45, 2.75) is 25.3 Å². The van der Waals surface area contributed by atoms with Crippen LogP contribution in [0, 0.1) is 0 Å². The average Bonchev–Trinajstić information content (AvgIpc) is 2.49. The normalized spacial score (nSPS) is 17.2. The number of hydrogen-bond donors (Lipinski definition) is 1. The predicted molar refractivity (Wildman–Crippen MR) is 91.6 cm³/mol. The minimum Gasteiger partial charge on any atom is -0.495 e. The van der Waals surface area contributed by atoms with Crippen molar-refractivity contribution >= 4 is 33.2 Å². The lowest BCUT2D eigenvalue weighted by Gasteiger charge is -2.26. The van der Waals surface area contributed by atoms with E-state index < -0.39 is 0 Å². The van der Waals surface area contributed by atoms with Crippen LogP contribution in [0.3, 0.4) is 0 Å². The number of nitrogens with one attached hydrogen (secondary N) is 1. The number of ether oxygens (including phenoxy) is 1. The minimum atomic E-state index is 0.449. The lowest BCUT2D eigenvalue weighted by atomic mass is 9.88. The van der Waals surface area contributed by atoms with E-state index in [1.54, 1.807) is 7.11 Å². The fraction of sp³-hybridized carbons (Fsp3) is 0.294. The van der Waals surface area contributed by atoms with Crippen LogP contribution >= 0.6 is 27.5 Å². The molecule has 0 amide bonds. The zero-order valence-electron chi connectivity index (χ0n) is 11.8. The average molecular weight is 367 g/mol. The lowest BCUT2D eigenvalue weighted by Crippen LogP contribution is -2.27. The Bertz CT molecular complexity index is 659. The van der Waals surface area contributed by atoms with E-state index in [0.717, 1.165) is 29.4 Å². The zero-order valence-corrected chi connectivity index (χ0v) is 14.2. The maximum absolute atomic E-state index is 6.06. The molecule has 0 bridgehead atoms. The van der Waals surface area contributed by atoms with Crippen molar-refractivity contribution in [3.63, 3.8) is 0 Å². The molecule has 0 spiro atoms. The molecule has 0 aromatic heterocycles. The summed E-state index contributed by atoms with van der Waals surface area (Å²) in [7, 11) is 1.64. The highest BCUT2D eigenvalue weighted by Crippen LogP contribution is 2.30. The van der Waals surface area contributed by atoms with Crippen LogP contribution in [-0.4, -0.2) is 13.2 Å². The van der Waals surface area contributed by atoms with Gasteiger partial charge in [0.15, 0.2) is 0 Å². The number of rotatable bonds is 3. The topological polar surface area (TPSA) is 21.3 Å².